The molecule has 0 radical (unpaired) electrons. The maximum Gasteiger partial charge on any atom is 0.407 e. The summed E-state index contributed by atoms with van der Waals surface area (Å²) in [5, 5.41) is 13.2. The molecule has 35 heavy (non-hydrogen) atoms. The van der Waals surface area contributed by atoms with Gasteiger partial charge < -0.3 is 25.1 Å². The largest absolute Gasteiger partial charge is 0.465 e. The lowest BCUT2D eigenvalue weighted by molar-refractivity contribution is -0.120. The van der Waals surface area contributed by atoms with E-state index in [0.29, 0.717) is 24.5 Å². The zero-order valence-electron chi connectivity index (χ0n) is 22.1. The monoisotopic (exact) mass is 486 g/mol. The van der Waals surface area contributed by atoms with Crippen LogP contribution < -0.4 is 15.1 Å². The number of carbonyl (C=O) groups is 2. The van der Waals surface area contributed by atoms with Gasteiger partial charge in [0.15, 0.2) is 5.82 Å². The van der Waals surface area contributed by atoms with E-state index in [-0.39, 0.29) is 29.4 Å². The van der Waals surface area contributed by atoms with E-state index in [0.717, 1.165) is 43.6 Å². The first kappa shape index (κ1) is 25.5. The van der Waals surface area contributed by atoms with Gasteiger partial charge in [-0.2, -0.15) is 4.98 Å². The molecule has 2 N–H and O–H groups in total. The molecule has 0 bridgehead atoms. The minimum absolute atomic E-state index is 0.0321. The minimum Gasteiger partial charge on any atom is -0.465 e. The maximum atomic E-state index is 13.1. The van der Waals surface area contributed by atoms with E-state index in [1.54, 1.807) is 16.0 Å². The molecular weight excluding hydrogens is 444 g/mol. The first-order valence-corrected chi connectivity index (χ1v) is 13.2. The Balaban J connectivity index is 1.56. The number of aromatic nitrogens is 2. The van der Waals surface area contributed by atoms with Gasteiger partial charge in [-0.15, -0.1) is 0 Å². The molecule has 4 unspecified atom stereocenters. The molecule has 1 aliphatic carbocycles. The van der Waals surface area contributed by atoms with Crippen molar-refractivity contribution >= 4 is 29.5 Å². The molecule has 9 nitrogen and oxygen atoms in total. The minimum atomic E-state index is -0.835. The Labute approximate surface area is 209 Å². The number of hydrogen-bond acceptors (Lipinski definition) is 6. The quantitative estimate of drug-likeness (QED) is 0.628. The Morgan fingerprint density at radius 1 is 1.26 bits per heavy atom. The van der Waals surface area contributed by atoms with Gasteiger partial charge in [0.1, 0.15) is 11.7 Å². The summed E-state index contributed by atoms with van der Waals surface area (Å²) in [5.41, 5.74) is 0.639. The van der Waals surface area contributed by atoms with Gasteiger partial charge in [0.25, 0.3) is 0 Å². The molecule has 0 aromatic carbocycles. The number of likely N-dealkylation sites (N-methyl/N-ethyl adjacent to an activating group) is 1. The molecule has 3 aliphatic rings. The van der Waals surface area contributed by atoms with Crippen LogP contribution in [0.5, 0.6) is 0 Å². The number of carbonyl (C=O) groups excluding carboxylic acids is 1. The summed E-state index contributed by atoms with van der Waals surface area (Å²) >= 11 is 0. The lowest BCUT2D eigenvalue weighted by Crippen LogP contribution is -2.55. The van der Waals surface area contributed by atoms with E-state index < -0.39 is 6.09 Å². The van der Waals surface area contributed by atoms with Gasteiger partial charge in [-0.1, -0.05) is 40.5 Å². The number of anilines is 3. The Hall–Kier alpha value is -2.58. The molecule has 2 fully saturated rings. The fourth-order valence-electron chi connectivity index (χ4n) is 6.27. The van der Waals surface area contributed by atoms with Crippen molar-refractivity contribution in [3.8, 4) is 0 Å². The van der Waals surface area contributed by atoms with Crippen LogP contribution in [0.15, 0.2) is 6.20 Å². The zero-order valence-corrected chi connectivity index (χ0v) is 22.1. The Kier molecular flexibility index (Phi) is 7.16. The van der Waals surface area contributed by atoms with Crippen molar-refractivity contribution in [2.75, 3.05) is 28.7 Å². The van der Waals surface area contributed by atoms with Gasteiger partial charge in [0.05, 0.1) is 6.20 Å². The highest BCUT2D eigenvalue weighted by atomic mass is 16.4. The summed E-state index contributed by atoms with van der Waals surface area (Å²) in [5.74, 6) is 1.85. The maximum absolute atomic E-state index is 13.1. The molecule has 1 saturated carbocycles. The smallest absolute Gasteiger partial charge is 0.407 e. The number of nitrogens with one attached hydrogen (secondary N) is 1. The predicted octanol–water partition coefficient (Wildman–Crippen LogP) is 4.59. The van der Waals surface area contributed by atoms with Crippen LogP contribution in [0.25, 0.3) is 0 Å². The molecule has 194 valence electrons. The molecule has 4 atom stereocenters. The summed E-state index contributed by atoms with van der Waals surface area (Å²) in [6, 6.07) is 0.210. The van der Waals surface area contributed by atoms with Crippen molar-refractivity contribution in [1.29, 1.82) is 0 Å². The molecule has 1 aromatic heterocycles. The Morgan fingerprint density at radius 2 is 1.94 bits per heavy atom. The third kappa shape index (κ3) is 4.91. The van der Waals surface area contributed by atoms with Crippen LogP contribution in [0.4, 0.5) is 22.2 Å². The number of rotatable bonds is 5. The van der Waals surface area contributed by atoms with Crippen molar-refractivity contribution < 1.29 is 14.7 Å². The second kappa shape index (κ2) is 9.82. The summed E-state index contributed by atoms with van der Waals surface area (Å²) in [6.45, 7) is 11.1. The van der Waals surface area contributed by atoms with E-state index in [9.17, 15) is 14.7 Å². The molecule has 4 rings (SSSR count). The number of amides is 2. The van der Waals surface area contributed by atoms with Crippen molar-refractivity contribution in [1.82, 2.24) is 14.9 Å². The van der Waals surface area contributed by atoms with Crippen LogP contribution in [0.3, 0.4) is 0 Å². The van der Waals surface area contributed by atoms with Gasteiger partial charge in [0.2, 0.25) is 11.9 Å². The van der Waals surface area contributed by atoms with Crippen LogP contribution in [-0.4, -0.2) is 69.7 Å². The van der Waals surface area contributed by atoms with Crippen LogP contribution in [0.1, 0.15) is 79.6 Å². The number of nitrogens with zero attached hydrogens (tertiary/aromatic N) is 5. The fraction of sp³-hybridized carbons (Fsp3) is 0.769. The van der Waals surface area contributed by atoms with Crippen LogP contribution in [0, 0.1) is 11.3 Å². The second-order valence-corrected chi connectivity index (χ2v) is 11.6. The number of hydrogen-bond donors (Lipinski definition) is 2. The summed E-state index contributed by atoms with van der Waals surface area (Å²) in [6.07, 6.45) is 7.85. The van der Waals surface area contributed by atoms with Gasteiger partial charge in [-0.05, 0) is 50.4 Å². The third-order valence-corrected chi connectivity index (χ3v) is 8.36. The lowest BCUT2D eigenvalue weighted by atomic mass is 9.75. The molecule has 9 heteroatoms. The van der Waals surface area contributed by atoms with Gasteiger partial charge in [-0.25, -0.2) is 9.78 Å². The van der Waals surface area contributed by atoms with E-state index in [1.165, 1.54) is 12.8 Å². The summed E-state index contributed by atoms with van der Waals surface area (Å²) in [4.78, 5) is 40.1. The number of likely N-dealkylation sites (tertiary alicyclic amines) is 1. The van der Waals surface area contributed by atoms with E-state index in [2.05, 4.69) is 49.8 Å². The van der Waals surface area contributed by atoms with E-state index in [4.69, 9.17) is 4.98 Å². The topological polar surface area (TPSA) is 102 Å². The summed E-state index contributed by atoms with van der Waals surface area (Å²) < 4.78 is 0. The SMILES string of the molecule is CCC1C(=O)N(C)c2cnc(NC(C)C3CCN(C(=O)O)C(C(C)(C)C)C3)nc2N1C1CCCC1. The Morgan fingerprint density at radius 3 is 2.54 bits per heavy atom. The van der Waals surface area contributed by atoms with Crippen LogP contribution in [0.2, 0.25) is 0 Å². The summed E-state index contributed by atoms with van der Waals surface area (Å²) in [7, 11) is 1.82. The standard InChI is InChI=1S/C26H42N6O3/c1-7-19-23(33)30(6)20-15-27-24(29-22(20)32(19)18-10-8-9-11-18)28-16(2)17-12-13-31(25(34)35)21(14-17)26(3,4)5/h15-19,21H,7-14H2,1-6H3,(H,34,35)(H,27,28,29). The molecule has 2 amide bonds. The van der Waals surface area contributed by atoms with E-state index >= 15 is 0 Å². The average molecular weight is 487 g/mol. The zero-order chi connectivity index (χ0) is 25.5. The van der Waals surface area contributed by atoms with Gasteiger partial charge >= 0.3 is 6.09 Å². The molecule has 0 spiro atoms. The third-order valence-electron chi connectivity index (χ3n) is 8.36. The predicted molar refractivity (Wildman–Crippen MR) is 138 cm³/mol. The van der Waals surface area contributed by atoms with Crippen molar-refractivity contribution in [3.05, 3.63) is 6.20 Å². The highest BCUT2D eigenvalue weighted by Crippen LogP contribution is 2.40. The van der Waals surface area contributed by atoms with Gasteiger partial charge in [-0.3, -0.25) is 4.79 Å². The lowest BCUT2D eigenvalue weighted by Gasteiger charge is -2.46. The van der Waals surface area contributed by atoms with Crippen molar-refractivity contribution in [3.63, 3.8) is 0 Å². The first-order chi connectivity index (χ1) is 16.5. The van der Waals surface area contributed by atoms with E-state index in [1.807, 2.05) is 7.05 Å². The molecule has 2 aliphatic heterocycles. The number of piperidine rings is 1. The number of fused-ring (bicyclic) bond motifs is 1. The van der Waals surface area contributed by atoms with Crippen molar-refractivity contribution in [2.45, 2.75) is 104 Å². The number of carboxylic acid groups (broad SMARTS) is 1. The Bertz CT molecular complexity index is 942. The molecule has 3 heterocycles. The highest BCUT2D eigenvalue weighted by molar-refractivity contribution is 6.04. The highest BCUT2D eigenvalue weighted by Gasteiger charge is 2.42. The molecule has 1 aromatic rings. The van der Waals surface area contributed by atoms with Crippen LogP contribution >= 0.6 is 0 Å². The van der Waals surface area contributed by atoms with Gasteiger partial charge in [0, 0.05) is 31.7 Å². The van der Waals surface area contributed by atoms with Crippen molar-refractivity contribution in [2.24, 2.45) is 11.3 Å². The molecular formula is C26H42N6O3. The molecule has 1 saturated heterocycles. The first-order valence-electron chi connectivity index (χ1n) is 13.2. The normalized spacial score (nSPS) is 26.6. The fourth-order valence-corrected chi connectivity index (χ4v) is 6.27. The second-order valence-electron chi connectivity index (χ2n) is 11.6. The average Bonchev–Trinajstić information content (AvgIpc) is 3.34. The van der Waals surface area contributed by atoms with Crippen LogP contribution in [-0.2, 0) is 4.79 Å².